The van der Waals surface area contributed by atoms with Crippen LogP contribution >= 0.6 is 12.2 Å². The molecule has 0 aromatic heterocycles. The summed E-state index contributed by atoms with van der Waals surface area (Å²) in [5.74, 6) is -0.0250. The molecule has 1 unspecified atom stereocenters. The zero-order valence-electron chi connectivity index (χ0n) is 7.76. The summed E-state index contributed by atoms with van der Waals surface area (Å²) in [6.45, 7) is 5.60. The molecular formula is C8H16N2OS. The van der Waals surface area contributed by atoms with E-state index < -0.39 is 0 Å². The summed E-state index contributed by atoms with van der Waals surface area (Å²) in [4.78, 5) is 11.5. The maximum atomic E-state index is 11.2. The number of amides is 1. The monoisotopic (exact) mass is 188 g/mol. The fourth-order valence-corrected chi connectivity index (χ4v) is 0.938. The lowest BCUT2D eigenvalue weighted by molar-refractivity contribution is -0.124. The number of hydrogen-bond acceptors (Lipinski definition) is 2. The van der Waals surface area contributed by atoms with Crippen molar-refractivity contribution in [2.45, 2.75) is 33.2 Å². The van der Waals surface area contributed by atoms with Gasteiger partial charge in [-0.2, -0.15) is 0 Å². The molecule has 0 spiro atoms. The maximum absolute atomic E-state index is 11.2. The van der Waals surface area contributed by atoms with E-state index in [1.165, 1.54) is 0 Å². The number of hydrogen-bond donors (Lipinski definition) is 2. The number of carbonyl (C=O) groups is 1. The first-order valence-electron chi connectivity index (χ1n) is 4.08. The third kappa shape index (κ3) is 3.67. The first kappa shape index (κ1) is 11.4. The Hall–Kier alpha value is -0.640. The molecule has 3 N–H and O–H groups in total. The van der Waals surface area contributed by atoms with Crippen LogP contribution in [-0.4, -0.2) is 16.9 Å². The van der Waals surface area contributed by atoms with Gasteiger partial charge in [0.2, 0.25) is 5.91 Å². The summed E-state index contributed by atoms with van der Waals surface area (Å²) >= 11 is 4.78. The summed E-state index contributed by atoms with van der Waals surface area (Å²) in [5.41, 5.74) is 5.41. The standard InChI is InChI=1S/C8H16N2OS/c1-4-6(7(9)12)10-8(11)5(2)3/h5-6H,4H2,1-3H3,(H2,9,12)(H,10,11). The highest BCUT2D eigenvalue weighted by Crippen LogP contribution is 1.96. The number of carbonyl (C=O) groups excluding carboxylic acids is 1. The Bertz CT molecular complexity index is 180. The van der Waals surface area contributed by atoms with E-state index >= 15 is 0 Å². The molecule has 70 valence electrons. The predicted octanol–water partition coefficient (Wildman–Crippen LogP) is 0.823. The molecule has 0 aliphatic rings. The summed E-state index contributed by atoms with van der Waals surface area (Å²) in [5, 5.41) is 2.76. The van der Waals surface area contributed by atoms with Gasteiger partial charge in [0.05, 0.1) is 11.0 Å². The molecule has 12 heavy (non-hydrogen) atoms. The second kappa shape index (κ2) is 5.09. The average molecular weight is 188 g/mol. The third-order valence-electron chi connectivity index (χ3n) is 1.59. The normalized spacial score (nSPS) is 12.7. The van der Waals surface area contributed by atoms with Gasteiger partial charge in [0.25, 0.3) is 0 Å². The van der Waals surface area contributed by atoms with Crippen LogP contribution in [0.1, 0.15) is 27.2 Å². The Morgan fingerprint density at radius 1 is 1.58 bits per heavy atom. The number of thiocarbonyl (C=S) groups is 1. The highest BCUT2D eigenvalue weighted by Gasteiger charge is 2.14. The summed E-state index contributed by atoms with van der Waals surface area (Å²) in [6, 6.07) is -0.158. The van der Waals surface area contributed by atoms with Gasteiger partial charge in [-0.3, -0.25) is 4.79 Å². The largest absolute Gasteiger partial charge is 0.392 e. The molecule has 0 bridgehead atoms. The zero-order chi connectivity index (χ0) is 9.72. The second-order valence-corrected chi connectivity index (χ2v) is 3.50. The molecule has 1 atom stereocenters. The summed E-state index contributed by atoms with van der Waals surface area (Å²) < 4.78 is 0. The number of rotatable bonds is 4. The van der Waals surface area contributed by atoms with Crippen LogP contribution in [-0.2, 0) is 4.79 Å². The summed E-state index contributed by atoms with van der Waals surface area (Å²) in [6.07, 6.45) is 0.744. The SMILES string of the molecule is CCC(NC(=O)C(C)C)C(N)=S. The minimum atomic E-state index is -0.158. The Morgan fingerprint density at radius 3 is 2.33 bits per heavy atom. The molecule has 1 amide bonds. The van der Waals surface area contributed by atoms with Crippen LogP contribution in [0.4, 0.5) is 0 Å². The fraction of sp³-hybridized carbons (Fsp3) is 0.750. The molecule has 0 heterocycles. The first-order valence-corrected chi connectivity index (χ1v) is 4.49. The van der Waals surface area contributed by atoms with E-state index in [2.05, 4.69) is 5.32 Å². The van der Waals surface area contributed by atoms with Gasteiger partial charge in [-0.25, -0.2) is 0 Å². The van der Waals surface area contributed by atoms with E-state index in [4.69, 9.17) is 18.0 Å². The fourth-order valence-electron chi connectivity index (χ4n) is 0.713. The lowest BCUT2D eigenvalue weighted by atomic mass is 10.1. The van der Waals surface area contributed by atoms with E-state index in [0.29, 0.717) is 4.99 Å². The zero-order valence-corrected chi connectivity index (χ0v) is 8.57. The minimum absolute atomic E-state index is 0.00495. The highest BCUT2D eigenvalue weighted by molar-refractivity contribution is 7.80. The van der Waals surface area contributed by atoms with E-state index in [9.17, 15) is 4.79 Å². The van der Waals surface area contributed by atoms with Crippen LogP contribution in [0.5, 0.6) is 0 Å². The van der Waals surface area contributed by atoms with Crippen molar-refractivity contribution in [2.24, 2.45) is 11.7 Å². The molecule has 0 saturated heterocycles. The molecule has 3 nitrogen and oxygen atoms in total. The second-order valence-electron chi connectivity index (χ2n) is 3.03. The Kier molecular flexibility index (Phi) is 4.81. The number of nitrogens with one attached hydrogen (secondary N) is 1. The molecule has 0 aromatic carbocycles. The van der Waals surface area contributed by atoms with Crippen molar-refractivity contribution in [3.8, 4) is 0 Å². The van der Waals surface area contributed by atoms with Crippen LogP contribution in [0.15, 0.2) is 0 Å². The molecule has 0 fully saturated rings. The quantitative estimate of drug-likeness (QED) is 0.642. The molecule has 0 radical (unpaired) electrons. The van der Waals surface area contributed by atoms with E-state index in [-0.39, 0.29) is 17.9 Å². The van der Waals surface area contributed by atoms with Gasteiger partial charge >= 0.3 is 0 Å². The molecule has 0 aliphatic heterocycles. The molecule has 4 heteroatoms. The topological polar surface area (TPSA) is 55.1 Å². The molecule has 0 rings (SSSR count). The smallest absolute Gasteiger partial charge is 0.223 e. The van der Waals surface area contributed by atoms with Gasteiger partial charge in [0.1, 0.15) is 0 Å². The van der Waals surface area contributed by atoms with Gasteiger partial charge in [0.15, 0.2) is 0 Å². The van der Waals surface area contributed by atoms with Crippen LogP contribution in [0.25, 0.3) is 0 Å². The van der Waals surface area contributed by atoms with Crippen molar-refractivity contribution < 1.29 is 4.79 Å². The molecule has 0 aromatic rings. The Balaban J connectivity index is 4.03. The lowest BCUT2D eigenvalue weighted by Crippen LogP contribution is -2.44. The lowest BCUT2D eigenvalue weighted by Gasteiger charge is -2.16. The van der Waals surface area contributed by atoms with Gasteiger partial charge in [-0.15, -0.1) is 0 Å². The van der Waals surface area contributed by atoms with E-state index in [1.807, 2.05) is 20.8 Å². The van der Waals surface area contributed by atoms with Crippen LogP contribution in [0.2, 0.25) is 0 Å². The Labute approximate surface area is 78.7 Å². The van der Waals surface area contributed by atoms with E-state index in [1.54, 1.807) is 0 Å². The van der Waals surface area contributed by atoms with Crippen molar-refractivity contribution in [1.82, 2.24) is 5.32 Å². The van der Waals surface area contributed by atoms with Crippen LogP contribution < -0.4 is 11.1 Å². The van der Waals surface area contributed by atoms with Gasteiger partial charge in [0, 0.05) is 5.92 Å². The molecular weight excluding hydrogens is 172 g/mol. The average Bonchev–Trinajstić information content (AvgIpc) is 1.98. The minimum Gasteiger partial charge on any atom is -0.392 e. The van der Waals surface area contributed by atoms with Crippen molar-refractivity contribution >= 4 is 23.1 Å². The highest BCUT2D eigenvalue weighted by atomic mass is 32.1. The predicted molar refractivity (Wildman–Crippen MR) is 53.8 cm³/mol. The van der Waals surface area contributed by atoms with E-state index in [0.717, 1.165) is 6.42 Å². The first-order chi connectivity index (χ1) is 5.49. The van der Waals surface area contributed by atoms with Crippen molar-refractivity contribution in [3.63, 3.8) is 0 Å². The maximum Gasteiger partial charge on any atom is 0.223 e. The van der Waals surface area contributed by atoms with Crippen molar-refractivity contribution in [1.29, 1.82) is 0 Å². The van der Waals surface area contributed by atoms with Crippen molar-refractivity contribution in [3.05, 3.63) is 0 Å². The third-order valence-corrected chi connectivity index (χ3v) is 1.88. The van der Waals surface area contributed by atoms with Gasteiger partial charge in [-0.1, -0.05) is 33.0 Å². The molecule has 0 aliphatic carbocycles. The molecule has 0 saturated carbocycles. The van der Waals surface area contributed by atoms with Crippen LogP contribution in [0.3, 0.4) is 0 Å². The Morgan fingerprint density at radius 2 is 2.08 bits per heavy atom. The van der Waals surface area contributed by atoms with Crippen molar-refractivity contribution in [2.75, 3.05) is 0 Å². The van der Waals surface area contributed by atoms with Crippen LogP contribution in [0, 0.1) is 5.92 Å². The number of nitrogens with two attached hydrogens (primary N) is 1. The van der Waals surface area contributed by atoms with Gasteiger partial charge in [-0.05, 0) is 6.42 Å². The van der Waals surface area contributed by atoms with Gasteiger partial charge < -0.3 is 11.1 Å². The summed E-state index contributed by atoms with van der Waals surface area (Å²) in [7, 11) is 0.